The fourth-order valence-electron chi connectivity index (χ4n) is 3.56. The summed E-state index contributed by atoms with van der Waals surface area (Å²) in [6, 6.07) is 19.2. The summed E-state index contributed by atoms with van der Waals surface area (Å²) in [5.41, 5.74) is 2.11. The predicted octanol–water partition coefficient (Wildman–Crippen LogP) is 5.62. The number of aryl methyl sites for hydroxylation is 1. The van der Waals surface area contributed by atoms with Gasteiger partial charge in [0.1, 0.15) is 11.8 Å². The van der Waals surface area contributed by atoms with Crippen LogP contribution in [-0.4, -0.2) is 35.9 Å². The third kappa shape index (κ3) is 6.57. The highest BCUT2D eigenvalue weighted by molar-refractivity contribution is 9.10. The summed E-state index contributed by atoms with van der Waals surface area (Å²) < 4.78 is 6.71. The first-order valence-corrected chi connectivity index (χ1v) is 12.1. The number of benzene rings is 3. The lowest BCUT2D eigenvalue weighted by Gasteiger charge is -2.29. The molecule has 0 saturated carbocycles. The molecule has 3 aromatic carbocycles. The number of hydrogen-bond acceptors (Lipinski definition) is 3. The zero-order valence-corrected chi connectivity index (χ0v) is 21.0. The Morgan fingerprint density at radius 2 is 1.79 bits per heavy atom. The maximum atomic E-state index is 13.2. The summed E-state index contributed by atoms with van der Waals surface area (Å²) in [6.07, 6.45) is 1.90. The Labute approximate surface area is 204 Å². The Morgan fingerprint density at radius 1 is 1.06 bits per heavy atom. The number of amides is 2. The molecule has 2 amide bonds. The number of halogens is 1. The van der Waals surface area contributed by atoms with E-state index in [1.165, 1.54) is 0 Å². The molecule has 0 radical (unpaired) electrons. The van der Waals surface area contributed by atoms with Crippen LogP contribution in [0.4, 0.5) is 0 Å². The van der Waals surface area contributed by atoms with Crippen LogP contribution >= 0.6 is 15.9 Å². The van der Waals surface area contributed by atoms with Crippen LogP contribution in [0.25, 0.3) is 10.8 Å². The number of fused-ring (bicyclic) bond motifs is 1. The van der Waals surface area contributed by atoms with Crippen molar-refractivity contribution in [3.05, 3.63) is 76.3 Å². The van der Waals surface area contributed by atoms with Gasteiger partial charge in [-0.1, -0.05) is 73.5 Å². The van der Waals surface area contributed by atoms with Gasteiger partial charge in [-0.2, -0.15) is 0 Å². The molecule has 3 rings (SSSR count). The SMILES string of the molecule is CCCCNC(=O)C(C)N(Cc1ccc(C)cc1)C(=O)COc1ccc2ccccc2c1Br. The molecular weight excluding hydrogens is 480 g/mol. The summed E-state index contributed by atoms with van der Waals surface area (Å²) in [5.74, 6) is 0.196. The second kappa shape index (κ2) is 11.8. The largest absolute Gasteiger partial charge is 0.483 e. The third-order valence-electron chi connectivity index (χ3n) is 5.65. The molecule has 1 N–H and O–H groups in total. The van der Waals surface area contributed by atoms with Crippen molar-refractivity contribution >= 4 is 38.5 Å². The summed E-state index contributed by atoms with van der Waals surface area (Å²) in [5, 5.41) is 5.04. The van der Waals surface area contributed by atoms with E-state index >= 15 is 0 Å². The van der Waals surface area contributed by atoms with Crippen molar-refractivity contribution in [2.45, 2.75) is 46.2 Å². The van der Waals surface area contributed by atoms with E-state index in [1.807, 2.05) is 67.6 Å². The lowest BCUT2D eigenvalue weighted by molar-refractivity contribution is -0.142. The lowest BCUT2D eigenvalue weighted by Crippen LogP contribution is -2.49. The normalized spacial score (nSPS) is 11.8. The highest BCUT2D eigenvalue weighted by Crippen LogP contribution is 2.33. The van der Waals surface area contributed by atoms with E-state index in [4.69, 9.17) is 4.74 Å². The molecule has 0 fully saturated rings. The van der Waals surface area contributed by atoms with Crippen molar-refractivity contribution in [2.24, 2.45) is 0 Å². The molecule has 0 heterocycles. The molecule has 3 aromatic rings. The number of carbonyl (C=O) groups excluding carboxylic acids is 2. The minimum atomic E-state index is -0.612. The number of carbonyl (C=O) groups is 2. The Hall–Kier alpha value is -2.86. The average Bonchev–Trinajstić information content (AvgIpc) is 2.83. The maximum Gasteiger partial charge on any atom is 0.261 e. The number of rotatable bonds is 10. The zero-order valence-electron chi connectivity index (χ0n) is 19.4. The first-order valence-electron chi connectivity index (χ1n) is 11.3. The summed E-state index contributed by atoms with van der Waals surface area (Å²) >= 11 is 3.60. The maximum absolute atomic E-state index is 13.2. The van der Waals surface area contributed by atoms with Gasteiger partial charge in [0.15, 0.2) is 6.61 Å². The van der Waals surface area contributed by atoms with E-state index in [1.54, 1.807) is 11.8 Å². The van der Waals surface area contributed by atoms with E-state index < -0.39 is 6.04 Å². The summed E-state index contributed by atoms with van der Waals surface area (Å²) in [7, 11) is 0. The van der Waals surface area contributed by atoms with Crippen LogP contribution in [0.15, 0.2) is 65.1 Å². The van der Waals surface area contributed by atoms with Crippen LogP contribution in [0.2, 0.25) is 0 Å². The van der Waals surface area contributed by atoms with Gasteiger partial charge in [0.25, 0.3) is 5.91 Å². The van der Waals surface area contributed by atoms with Gasteiger partial charge in [-0.3, -0.25) is 9.59 Å². The van der Waals surface area contributed by atoms with Crippen molar-refractivity contribution in [1.82, 2.24) is 10.2 Å². The molecule has 174 valence electrons. The van der Waals surface area contributed by atoms with Crippen LogP contribution < -0.4 is 10.1 Å². The molecule has 0 aromatic heterocycles. The van der Waals surface area contributed by atoms with Gasteiger partial charge in [-0.05, 0) is 58.6 Å². The van der Waals surface area contributed by atoms with E-state index in [0.717, 1.165) is 39.2 Å². The average molecular weight is 511 g/mol. The first kappa shape index (κ1) is 24.8. The van der Waals surface area contributed by atoms with Crippen molar-refractivity contribution in [1.29, 1.82) is 0 Å². The molecule has 5 nitrogen and oxygen atoms in total. The molecule has 0 bridgehead atoms. The molecule has 0 aliphatic heterocycles. The molecule has 0 aliphatic rings. The second-order valence-corrected chi connectivity index (χ2v) is 9.01. The zero-order chi connectivity index (χ0) is 23.8. The summed E-state index contributed by atoms with van der Waals surface area (Å²) in [4.78, 5) is 27.6. The quantitative estimate of drug-likeness (QED) is 0.360. The predicted molar refractivity (Wildman–Crippen MR) is 136 cm³/mol. The van der Waals surface area contributed by atoms with Crippen LogP contribution in [-0.2, 0) is 16.1 Å². The van der Waals surface area contributed by atoms with Gasteiger partial charge < -0.3 is 15.0 Å². The highest BCUT2D eigenvalue weighted by atomic mass is 79.9. The van der Waals surface area contributed by atoms with Gasteiger partial charge in [0.05, 0.1) is 4.47 Å². The van der Waals surface area contributed by atoms with E-state index in [9.17, 15) is 9.59 Å². The monoisotopic (exact) mass is 510 g/mol. The molecular formula is C27H31BrN2O3. The van der Waals surface area contributed by atoms with Crippen LogP contribution in [0.3, 0.4) is 0 Å². The molecule has 1 unspecified atom stereocenters. The van der Waals surface area contributed by atoms with Crippen LogP contribution in [0, 0.1) is 6.92 Å². The van der Waals surface area contributed by atoms with E-state index in [-0.39, 0.29) is 18.4 Å². The smallest absolute Gasteiger partial charge is 0.261 e. The lowest BCUT2D eigenvalue weighted by atomic mass is 10.1. The molecule has 0 spiro atoms. The van der Waals surface area contributed by atoms with Gasteiger partial charge in [0.2, 0.25) is 5.91 Å². The van der Waals surface area contributed by atoms with Crippen molar-refractivity contribution in [2.75, 3.05) is 13.2 Å². The number of hydrogen-bond donors (Lipinski definition) is 1. The molecule has 0 aliphatic carbocycles. The van der Waals surface area contributed by atoms with Crippen molar-refractivity contribution in [3.8, 4) is 5.75 Å². The summed E-state index contributed by atoms with van der Waals surface area (Å²) in [6.45, 7) is 6.64. The van der Waals surface area contributed by atoms with E-state index in [2.05, 4.69) is 28.2 Å². The second-order valence-electron chi connectivity index (χ2n) is 8.22. The van der Waals surface area contributed by atoms with Gasteiger partial charge in [-0.25, -0.2) is 0 Å². The van der Waals surface area contributed by atoms with Crippen molar-refractivity contribution in [3.63, 3.8) is 0 Å². The molecule has 1 atom stereocenters. The van der Waals surface area contributed by atoms with Crippen LogP contribution in [0.1, 0.15) is 37.8 Å². The minimum absolute atomic E-state index is 0.157. The minimum Gasteiger partial charge on any atom is -0.483 e. The topological polar surface area (TPSA) is 58.6 Å². The first-order chi connectivity index (χ1) is 15.9. The number of nitrogens with zero attached hydrogens (tertiary/aromatic N) is 1. The van der Waals surface area contributed by atoms with Gasteiger partial charge in [0, 0.05) is 13.1 Å². The Morgan fingerprint density at radius 3 is 2.52 bits per heavy atom. The highest BCUT2D eigenvalue weighted by Gasteiger charge is 2.26. The molecule has 33 heavy (non-hydrogen) atoms. The number of ether oxygens (including phenoxy) is 1. The third-order valence-corrected chi connectivity index (χ3v) is 6.47. The number of unbranched alkanes of at least 4 members (excludes halogenated alkanes) is 1. The Balaban J connectivity index is 1.75. The van der Waals surface area contributed by atoms with E-state index in [0.29, 0.717) is 18.8 Å². The fraction of sp³-hybridized carbons (Fsp3) is 0.333. The standard InChI is InChI=1S/C27H31BrN2O3/c1-4-5-16-29-27(32)20(3)30(17-21-12-10-19(2)11-13-21)25(31)18-33-24-15-14-22-8-6-7-9-23(22)26(24)28/h6-15,20H,4-5,16-18H2,1-3H3,(H,29,32). The van der Waals surface area contributed by atoms with Gasteiger partial charge in [-0.15, -0.1) is 0 Å². The Kier molecular flexibility index (Phi) is 8.89. The van der Waals surface area contributed by atoms with Crippen molar-refractivity contribution < 1.29 is 14.3 Å². The number of nitrogens with one attached hydrogen (secondary N) is 1. The molecule has 0 saturated heterocycles. The Bertz CT molecular complexity index is 1100. The van der Waals surface area contributed by atoms with Gasteiger partial charge >= 0.3 is 0 Å². The fourth-order valence-corrected chi connectivity index (χ4v) is 4.16. The van der Waals surface area contributed by atoms with Crippen LogP contribution in [0.5, 0.6) is 5.75 Å². The molecule has 6 heteroatoms.